The quantitative estimate of drug-likeness (QED) is 0.794. The monoisotopic (exact) mass is 255 g/mol. The molecule has 0 bridgehead atoms. The fourth-order valence-corrected chi connectivity index (χ4v) is 2.56. The highest BCUT2D eigenvalue weighted by Gasteiger charge is 2.14. The highest BCUT2D eigenvalue weighted by atomic mass is 32.2. The molecule has 0 aliphatic heterocycles. The Labute approximate surface area is 108 Å². The van der Waals surface area contributed by atoms with Crippen LogP contribution in [0.1, 0.15) is 13.8 Å². The summed E-state index contributed by atoms with van der Waals surface area (Å²) in [5.74, 6) is 2.07. The first-order chi connectivity index (χ1) is 8.12. The number of thioether (sulfide) groups is 1. The van der Waals surface area contributed by atoms with Crippen molar-refractivity contribution in [1.29, 1.82) is 0 Å². The van der Waals surface area contributed by atoms with Crippen LogP contribution in [0, 0.1) is 5.92 Å². The van der Waals surface area contributed by atoms with Gasteiger partial charge in [-0.2, -0.15) is 0 Å². The number of ether oxygens (including phenoxy) is 2. The summed E-state index contributed by atoms with van der Waals surface area (Å²) in [5.41, 5.74) is 5.77. The number of rotatable bonds is 6. The molecule has 0 aromatic heterocycles. The van der Waals surface area contributed by atoms with E-state index in [4.69, 9.17) is 15.2 Å². The molecule has 0 saturated heterocycles. The Morgan fingerprint density at radius 3 is 2.29 bits per heavy atom. The zero-order valence-electron chi connectivity index (χ0n) is 10.9. The van der Waals surface area contributed by atoms with Crippen molar-refractivity contribution in [2.45, 2.75) is 24.0 Å². The number of methoxy groups -OCH3 is 2. The van der Waals surface area contributed by atoms with Gasteiger partial charge >= 0.3 is 0 Å². The number of benzene rings is 1. The molecule has 0 amide bonds. The van der Waals surface area contributed by atoms with Crippen LogP contribution in [0.25, 0.3) is 0 Å². The van der Waals surface area contributed by atoms with Gasteiger partial charge < -0.3 is 15.2 Å². The molecule has 0 saturated carbocycles. The van der Waals surface area contributed by atoms with Crippen molar-refractivity contribution < 1.29 is 9.47 Å². The van der Waals surface area contributed by atoms with E-state index in [1.165, 1.54) is 0 Å². The van der Waals surface area contributed by atoms with Gasteiger partial charge in [-0.1, -0.05) is 13.8 Å². The molecule has 1 atom stereocenters. The molecule has 0 spiro atoms. The second-order valence-corrected chi connectivity index (χ2v) is 5.47. The van der Waals surface area contributed by atoms with Gasteiger partial charge in [0.2, 0.25) is 0 Å². The normalized spacial score (nSPS) is 12.6. The van der Waals surface area contributed by atoms with Crippen molar-refractivity contribution in [2.75, 3.05) is 20.8 Å². The fourth-order valence-electron chi connectivity index (χ4n) is 1.52. The molecular weight excluding hydrogens is 234 g/mol. The zero-order chi connectivity index (χ0) is 12.8. The third kappa shape index (κ3) is 3.82. The van der Waals surface area contributed by atoms with E-state index in [0.29, 0.717) is 17.7 Å². The SMILES string of the molecule is COc1ccc(SC(CN)C(C)C)cc1OC. The summed E-state index contributed by atoms with van der Waals surface area (Å²) < 4.78 is 10.5. The van der Waals surface area contributed by atoms with Gasteiger partial charge in [-0.25, -0.2) is 0 Å². The van der Waals surface area contributed by atoms with Crippen molar-refractivity contribution in [3.05, 3.63) is 18.2 Å². The first-order valence-corrected chi connectivity index (χ1v) is 6.59. The Hall–Kier alpha value is -0.870. The van der Waals surface area contributed by atoms with Gasteiger partial charge in [0.15, 0.2) is 11.5 Å². The Morgan fingerprint density at radius 2 is 1.82 bits per heavy atom. The molecule has 17 heavy (non-hydrogen) atoms. The van der Waals surface area contributed by atoms with E-state index < -0.39 is 0 Å². The van der Waals surface area contributed by atoms with Crippen molar-refractivity contribution in [1.82, 2.24) is 0 Å². The summed E-state index contributed by atoms with van der Waals surface area (Å²) in [6.45, 7) is 5.05. The van der Waals surface area contributed by atoms with Crippen LogP contribution in [0.3, 0.4) is 0 Å². The maximum Gasteiger partial charge on any atom is 0.161 e. The minimum absolute atomic E-state index is 0.424. The molecule has 0 aliphatic carbocycles. The Morgan fingerprint density at radius 1 is 1.18 bits per heavy atom. The van der Waals surface area contributed by atoms with Crippen molar-refractivity contribution in [3.8, 4) is 11.5 Å². The van der Waals surface area contributed by atoms with E-state index in [0.717, 1.165) is 16.4 Å². The van der Waals surface area contributed by atoms with E-state index in [2.05, 4.69) is 13.8 Å². The molecular formula is C13H21NO2S. The second kappa shape index (κ2) is 6.77. The molecule has 96 valence electrons. The first kappa shape index (κ1) is 14.2. The number of hydrogen-bond donors (Lipinski definition) is 1. The van der Waals surface area contributed by atoms with Crippen molar-refractivity contribution >= 4 is 11.8 Å². The standard InChI is InChI=1S/C13H21NO2S/c1-9(2)13(8-14)17-10-5-6-11(15-3)12(7-10)16-4/h5-7,9,13H,8,14H2,1-4H3. The summed E-state index contributed by atoms with van der Waals surface area (Å²) >= 11 is 1.78. The van der Waals surface area contributed by atoms with Gasteiger partial charge in [0.25, 0.3) is 0 Å². The van der Waals surface area contributed by atoms with Crippen LogP contribution in [0.15, 0.2) is 23.1 Å². The van der Waals surface area contributed by atoms with Crippen LogP contribution in [-0.2, 0) is 0 Å². The van der Waals surface area contributed by atoms with Crippen LogP contribution in [0.4, 0.5) is 0 Å². The van der Waals surface area contributed by atoms with Crippen LogP contribution >= 0.6 is 11.8 Å². The predicted octanol–water partition coefficient (Wildman–Crippen LogP) is 2.78. The molecule has 1 rings (SSSR count). The Bertz CT molecular complexity index is 355. The average molecular weight is 255 g/mol. The minimum atomic E-state index is 0.424. The van der Waals surface area contributed by atoms with Crippen LogP contribution < -0.4 is 15.2 Å². The zero-order valence-corrected chi connectivity index (χ0v) is 11.7. The highest BCUT2D eigenvalue weighted by Crippen LogP contribution is 2.34. The van der Waals surface area contributed by atoms with Gasteiger partial charge in [-0.05, 0) is 24.1 Å². The van der Waals surface area contributed by atoms with E-state index in [1.54, 1.807) is 26.0 Å². The van der Waals surface area contributed by atoms with E-state index in [1.807, 2.05) is 18.2 Å². The van der Waals surface area contributed by atoms with Gasteiger partial charge in [0, 0.05) is 16.7 Å². The number of hydrogen-bond acceptors (Lipinski definition) is 4. The molecule has 4 heteroatoms. The Kier molecular flexibility index (Phi) is 5.65. The fraction of sp³-hybridized carbons (Fsp3) is 0.538. The average Bonchev–Trinajstić information content (AvgIpc) is 2.35. The van der Waals surface area contributed by atoms with E-state index >= 15 is 0 Å². The molecule has 3 nitrogen and oxygen atoms in total. The predicted molar refractivity (Wildman–Crippen MR) is 73.1 cm³/mol. The van der Waals surface area contributed by atoms with Gasteiger partial charge in [-0.15, -0.1) is 11.8 Å². The van der Waals surface area contributed by atoms with Crippen molar-refractivity contribution in [3.63, 3.8) is 0 Å². The molecule has 0 radical (unpaired) electrons. The highest BCUT2D eigenvalue weighted by molar-refractivity contribution is 8.00. The summed E-state index contributed by atoms with van der Waals surface area (Å²) in [4.78, 5) is 1.16. The van der Waals surface area contributed by atoms with Crippen LogP contribution in [-0.4, -0.2) is 26.0 Å². The third-order valence-electron chi connectivity index (χ3n) is 2.62. The molecule has 1 aromatic rings. The molecule has 0 fully saturated rings. The molecule has 2 N–H and O–H groups in total. The smallest absolute Gasteiger partial charge is 0.161 e. The van der Waals surface area contributed by atoms with Gasteiger partial charge in [0.05, 0.1) is 14.2 Å². The largest absolute Gasteiger partial charge is 0.493 e. The van der Waals surface area contributed by atoms with E-state index in [-0.39, 0.29) is 0 Å². The maximum absolute atomic E-state index is 5.77. The Balaban J connectivity index is 2.85. The van der Waals surface area contributed by atoms with Gasteiger partial charge in [-0.3, -0.25) is 0 Å². The summed E-state index contributed by atoms with van der Waals surface area (Å²) in [6.07, 6.45) is 0. The molecule has 0 aliphatic rings. The maximum atomic E-state index is 5.77. The van der Waals surface area contributed by atoms with Crippen molar-refractivity contribution in [2.24, 2.45) is 11.7 Å². The summed E-state index contributed by atoms with van der Waals surface area (Å²) in [7, 11) is 3.29. The lowest BCUT2D eigenvalue weighted by atomic mass is 10.1. The lowest BCUT2D eigenvalue weighted by Crippen LogP contribution is -2.22. The van der Waals surface area contributed by atoms with Crippen LogP contribution in [0.2, 0.25) is 0 Å². The molecule has 1 unspecified atom stereocenters. The lowest BCUT2D eigenvalue weighted by Gasteiger charge is -2.18. The first-order valence-electron chi connectivity index (χ1n) is 5.71. The third-order valence-corrected chi connectivity index (χ3v) is 4.18. The van der Waals surface area contributed by atoms with E-state index in [9.17, 15) is 0 Å². The summed E-state index contributed by atoms with van der Waals surface area (Å²) in [5, 5.41) is 0.424. The van der Waals surface area contributed by atoms with Gasteiger partial charge in [0.1, 0.15) is 0 Å². The number of nitrogens with two attached hydrogens (primary N) is 1. The topological polar surface area (TPSA) is 44.5 Å². The molecule has 1 aromatic carbocycles. The second-order valence-electron chi connectivity index (χ2n) is 4.15. The summed E-state index contributed by atoms with van der Waals surface area (Å²) in [6, 6.07) is 5.96. The minimum Gasteiger partial charge on any atom is -0.493 e. The molecule has 0 heterocycles. The lowest BCUT2D eigenvalue weighted by molar-refractivity contribution is 0.354. The van der Waals surface area contributed by atoms with Crippen LogP contribution in [0.5, 0.6) is 11.5 Å².